The van der Waals surface area contributed by atoms with E-state index in [9.17, 15) is 4.39 Å². The van der Waals surface area contributed by atoms with E-state index in [-0.39, 0.29) is 12.3 Å². The minimum absolute atomic E-state index is 0.0988. The Morgan fingerprint density at radius 2 is 1.64 bits per heavy atom. The van der Waals surface area contributed by atoms with E-state index in [0.717, 1.165) is 79.9 Å². The molecule has 2 saturated heterocycles. The first-order chi connectivity index (χ1) is 23.1. The largest absolute Gasteiger partial charge is 0.464 e. The standard InChI is InChI=1S/C37H32FN7OS/c38-24-16-27(40-17-24)36-42-19-29(44-36)21-7-9-25-31-13-23-12-20(28-18-41-35(43-28)26-5-3-11-39-26)8-10-30(23)45(31)37(46-32(25)14-21)34-15-22-4-1-2-6-33(22)47-34/h1-2,4,6-10,12-15,18-19,24,26-27,37,39-40H,3,5,11,16-17H2,(H,41,43)(H,42,44)/t24-,26+,27+,37?/m1/s1. The van der Waals surface area contributed by atoms with E-state index < -0.39 is 6.17 Å². The number of rotatable bonds is 5. The van der Waals surface area contributed by atoms with Gasteiger partial charge in [0.1, 0.15) is 23.6 Å². The molecule has 7 aromatic rings. The van der Waals surface area contributed by atoms with Gasteiger partial charge in [-0.05, 0) is 67.2 Å². The van der Waals surface area contributed by atoms with E-state index in [2.05, 4.69) is 103 Å². The van der Waals surface area contributed by atoms with Crippen LogP contribution in [-0.2, 0) is 0 Å². The quantitative estimate of drug-likeness (QED) is 0.153. The molecule has 10 heteroatoms. The SMILES string of the molecule is F[C@H]1CN[C@H](c2ncc(-c3ccc4c(c3)OC(c3cc5ccccc5s3)n3c-4cc4cc(-c5cnc([C@@H]6CCCN6)[nH]5)ccc43)[nH]2)C1. The Labute approximate surface area is 274 Å². The molecule has 4 N–H and O–H groups in total. The van der Waals surface area contributed by atoms with E-state index in [0.29, 0.717) is 19.0 Å². The lowest BCUT2D eigenvalue weighted by Gasteiger charge is -2.29. The van der Waals surface area contributed by atoms with Crippen LogP contribution >= 0.6 is 11.3 Å². The van der Waals surface area contributed by atoms with Crippen LogP contribution in [0.2, 0.25) is 0 Å². The number of thiophene rings is 1. The molecule has 3 aliphatic heterocycles. The molecule has 1 unspecified atom stereocenters. The topological polar surface area (TPSA) is 95.6 Å². The number of nitrogens with one attached hydrogen (secondary N) is 4. The van der Waals surface area contributed by atoms with Gasteiger partial charge in [0.05, 0.1) is 52.0 Å². The molecule has 47 heavy (non-hydrogen) atoms. The third kappa shape index (κ3) is 4.54. The van der Waals surface area contributed by atoms with Gasteiger partial charge in [-0.25, -0.2) is 14.4 Å². The monoisotopic (exact) mass is 641 g/mol. The van der Waals surface area contributed by atoms with Crippen LogP contribution in [0.4, 0.5) is 4.39 Å². The van der Waals surface area contributed by atoms with Gasteiger partial charge in [0.25, 0.3) is 0 Å². The van der Waals surface area contributed by atoms with Crippen molar-refractivity contribution in [1.82, 2.24) is 35.1 Å². The Kier molecular flexibility index (Phi) is 6.19. The third-order valence-corrected chi connectivity index (χ3v) is 11.0. The molecule has 234 valence electrons. The number of aromatic nitrogens is 5. The molecule has 0 amide bonds. The highest BCUT2D eigenvalue weighted by Gasteiger charge is 2.32. The first-order valence-electron chi connectivity index (χ1n) is 16.3. The van der Waals surface area contributed by atoms with Gasteiger partial charge in [0, 0.05) is 39.7 Å². The lowest BCUT2D eigenvalue weighted by atomic mass is 10.0. The minimum Gasteiger partial charge on any atom is -0.464 e. The van der Waals surface area contributed by atoms with Crippen molar-refractivity contribution in [3.8, 4) is 39.5 Å². The number of ether oxygens (including phenoxy) is 1. The maximum Gasteiger partial charge on any atom is 0.212 e. The second-order valence-corrected chi connectivity index (χ2v) is 14.0. The summed E-state index contributed by atoms with van der Waals surface area (Å²) in [5.41, 5.74) is 7.27. The van der Waals surface area contributed by atoms with E-state index in [1.54, 1.807) is 11.3 Å². The van der Waals surface area contributed by atoms with Gasteiger partial charge in [-0.15, -0.1) is 11.3 Å². The van der Waals surface area contributed by atoms with Gasteiger partial charge >= 0.3 is 0 Å². The third-order valence-electron chi connectivity index (χ3n) is 9.87. The molecule has 7 heterocycles. The minimum atomic E-state index is -0.842. The maximum atomic E-state index is 13.9. The van der Waals surface area contributed by atoms with Crippen molar-refractivity contribution in [2.75, 3.05) is 13.1 Å². The van der Waals surface area contributed by atoms with Crippen molar-refractivity contribution < 1.29 is 9.13 Å². The summed E-state index contributed by atoms with van der Waals surface area (Å²) >= 11 is 1.77. The molecule has 0 bridgehead atoms. The van der Waals surface area contributed by atoms with Crippen molar-refractivity contribution in [1.29, 1.82) is 0 Å². The molecule has 10 rings (SSSR count). The number of H-pyrrole nitrogens is 2. The molecular formula is C37H32FN7OS. The summed E-state index contributed by atoms with van der Waals surface area (Å²) in [6.45, 7) is 1.40. The predicted octanol–water partition coefficient (Wildman–Crippen LogP) is 8.04. The zero-order valence-corrected chi connectivity index (χ0v) is 26.3. The molecule has 2 fully saturated rings. The highest BCUT2D eigenvalue weighted by atomic mass is 32.1. The highest BCUT2D eigenvalue weighted by molar-refractivity contribution is 7.19. The van der Waals surface area contributed by atoms with E-state index >= 15 is 0 Å². The summed E-state index contributed by atoms with van der Waals surface area (Å²) in [6, 6.07) is 26.2. The van der Waals surface area contributed by atoms with Crippen LogP contribution in [0.3, 0.4) is 0 Å². The van der Waals surface area contributed by atoms with Crippen LogP contribution in [0.5, 0.6) is 5.75 Å². The fourth-order valence-corrected chi connectivity index (χ4v) is 8.57. The number of halogens is 1. The zero-order valence-electron chi connectivity index (χ0n) is 25.5. The molecular weight excluding hydrogens is 610 g/mol. The summed E-state index contributed by atoms with van der Waals surface area (Å²) in [5.74, 6) is 2.59. The van der Waals surface area contributed by atoms with E-state index in [1.165, 1.54) is 16.5 Å². The smallest absolute Gasteiger partial charge is 0.212 e. The van der Waals surface area contributed by atoms with E-state index in [1.807, 2.05) is 12.4 Å². The lowest BCUT2D eigenvalue weighted by Crippen LogP contribution is -2.21. The second kappa shape index (κ2) is 10.6. The summed E-state index contributed by atoms with van der Waals surface area (Å²) in [6.07, 6.45) is 5.33. The first-order valence-corrected chi connectivity index (χ1v) is 17.1. The summed E-state index contributed by atoms with van der Waals surface area (Å²) < 4.78 is 24.4. The number of nitrogens with zero attached hydrogens (tertiary/aromatic N) is 3. The summed E-state index contributed by atoms with van der Waals surface area (Å²) in [4.78, 5) is 17.4. The number of alkyl halides is 1. The average Bonchev–Trinajstić information content (AvgIpc) is 3.94. The fraction of sp³-hybridized carbons (Fsp3) is 0.243. The predicted molar refractivity (Wildman–Crippen MR) is 183 cm³/mol. The highest BCUT2D eigenvalue weighted by Crippen LogP contribution is 2.47. The zero-order chi connectivity index (χ0) is 31.1. The molecule has 4 aromatic heterocycles. The molecule has 3 aliphatic rings. The van der Waals surface area contributed by atoms with Crippen molar-refractivity contribution in [2.24, 2.45) is 0 Å². The number of hydrogen-bond donors (Lipinski definition) is 4. The molecule has 3 aromatic carbocycles. The van der Waals surface area contributed by atoms with Gasteiger partial charge in [-0.3, -0.25) is 4.57 Å². The fourth-order valence-electron chi connectivity index (χ4n) is 7.48. The number of aromatic amines is 2. The molecule has 0 saturated carbocycles. The van der Waals surface area contributed by atoms with Crippen LogP contribution in [0.15, 0.2) is 85.2 Å². The Hall–Kier alpha value is -4.77. The van der Waals surface area contributed by atoms with Gasteiger partial charge in [-0.1, -0.05) is 30.3 Å². The Morgan fingerprint density at radius 3 is 2.43 bits per heavy atom. The Morgan fingerprint density at radius 1 is 0.830 bits per heavy atom. The van der Waals surface area contributed by atoms with Crippen LogP contribution in [0, 0.1) is 0 Å². The summed E-state index contributed by atoms with van der Waals surface area (Å²) in [5, 5.41) is 9.12. The van der Waals surface area contributed by atoms with Crippen LogP contribution < -0.4 is 15.4 Å². The number of hydrogen-bond acceptors (Lipinski definition) is 6. The number of imidazole rings is 2. The van der Waals surface area contributed by atoms with Gasteiger partial charge in [0.2, 0.25) is 6.23 Å². The normalized spacial score (nSPS) is 22.1. The van der Waals surface area contributed by atoms with Gasteiger partial charge in [0.15, 0.2) is 0 Å². The second-order valence-electron chi connectivity index (χ2n) is 12.8. The first kappa shape index (κ1) is 27.4. The molecule has 0 spiro atoms. The Bertz CT molecular complexity index is 2260. The maximum absolute atomic E-state index is 13.9. The van der Waals surface area contributed by atoms with Crippen LogP contribution in [0.25, 0.3) is 54.8 Å². The molecule has 8 nitrogen and oxygen atoms in total. The van der Waals surface area contributed by atoms with Crippen LogP contribution in [-0.4, -0.2) is 43.8 Å². The van der Waals surface area contributed by atoms with Crippen molar-refractivity contribution >= 4 is 32.3 Å². The lowest BCUT2D eigenvalue weighted by molar-refractivity contribution is 0.177. The van der Waals surface area contributed by atoms with Crippen molar-refractivity contribution in [3.05, 3.63) is 102 Å². The number of benzene rings is 3. The molecule has 0 radical (unpaired) electrons. The Balaban J connectivity index is 1.07. The average molecular weight is 642 g/mol. The molecule has 0 aliphatic carbocycles. The van der Waals surface area contributed by atoms with Gasteiger partial charge in [-0.2, -0.15) is 0 Å². The molecule has 4 atom stereocenters. The van der Waals surface area contributed by atoms with Crippen molar-refractivity contribution in [2.45, 2.75) is 43.7 Å². The van der Waals surface area contributed by atoms with Crippen LogP contribution in [0.1, 0.15) is 54.1 Å². The van der Waals surface area contributed by atoms with Crippen molar-refractivity contribution in [3.63, 3.8) is 0 Å². The van der Waals surface area contributed by atoms with Gasteiger partial charge < -0.3 is 25.3 Å². The number of fused-ring (bicyclic) bond motifs is 6. The van der Waals surface area contributed by atoms with E-state index in [4.69, 9.17) is 9.72 Å². The summed E-state index contributed by atoms with van der Waals surface area (Å²) in [7, 11) is 0.